The Morgan fingerprint density at radius 1 is 1.21 bits per heavy atom. The maximum absolute atomic E-state index is 13.7. The molecular weight excluding hydrogens is 577 g/mol. The smallest absolute Gasteiger partial charge is 0.455 e. The summed E-state index contributed by atoms with van der Waals surface area (Å²) in [6, 6.07) is 9.30. The van der Waals surface area contributed by atoms with Gasteiger partial charge in [0.15, 0.2) is 0 Å². The number of allylic oxidation sites excluding steroid dienone is 2. The van der Waals surface area contributed by atoms with E-state index in [1.165, 1.54) is 16.0 Å². The van der Waals surface area contributed by atoms with Crippen LogP contribution in [0.3, 0.4) is 0 Å². The average Bonchev–Trinajstić information content (AvgIpc) is 3.51. The van der Waals surface area contributed by atoms with Crippen LogP contribution in [0, 0.1) is 17.8 Å². The molecule has 3 aliphatic rings. The van der Waals surface area contributed by atoms with E-state index in [0.29, 0.717) is 25.7 Å². The number of thiophene rings is 1. The quantitative estimate of drug-likeness (QED) is 0.190. The van der Waals surface area contributed by atoms with Gasteiger partial charge in [-0.3, -0.25) is 14.5 Å². The number of imide groups is 1. The van der Waals surface area contributed by atoms with Gasteiger partial charge in [0.05, 0.1) is 24.5 Å². The third-order valence-corrected chi connectivity index (χ3v) is 9.72. The highest BCUT2D eigenvalue weighted by Crippen LogP contribution is 2.51. The number of nitrogens with zero attached hydrogens (tertiary/aromatic N) is 1. The van der Waals surface area contributed by atoms with E-state index < -0.39 is 13.0 Å². The van der Waals surface area contributed by atoms with Crippen LogP contribution in [0.25, 0.3) is 6.08 Å². The standard InChI is InChI=1S/C30H35BBrNO5S/c1-3-6-18(13-20-14-21(32)9-10-25(20)34)8-11-26-27-19(4-2)15-23-28(24(27)16-31(37)38-26)30(36)33(29(23)35)17-22-7-5-12-39-22/h5,7,9-10,12-14,23-24,26,28,34,37H,3-4,6,8,11,15-17H2,1-2H3/b18-13+/t23-,24+,26-,28-/m1/s1. The van der Waals surface area contributed by atoms with Gasteiger partial charge in [-0.2, -0.15) is 0 Å². The largest absolute Gasteiger partial charge is 0.507 e. The predicted molar refractivity (Wildman–Crippen MR) is 158 cm³/mol. The van der Waals surface area contributed by atoms with E-state index in [1.807, 2.05) is 35.7 Å². The van der Waals surface area contributed by atoms with Crippen molar-refractivity contribution in [1.82, 2.24) is 4.90 Å². The van der Waals surface area contributed by atoms with Crippen LogP contribution in [-0.4, -0.2) is 40.1 Å². The maximum atomic E-state index is 13.7. The monoisotopic (exact) mass is 611 g/mol. The van der Waals surface area contributed by atoms with E-state index in [-0.39, 0.29) is 35.5 Å². The van der Waals surface area contributed by atoms with Crippen molar-refractivity contribution in [3.05, 3.63) is 67.3 Å². The van der Waals surface area contributed by atoms with E-state index in [4.69, 9.17) is 4.65 Å². The van der Waals surface area contributed by atoms with E-state index in [9.17, 15) is 19.7 Å². The van der Waals surface area contributed by atoms with Gasteiger partial charge in [0.1, 0.15) is 5.75 Å². The fourth-order valence-corrected chi connectivity index (χ4v) is 7.72. The second kappa shape index (κ2) is 12.1. The minimum Gasteiger partial charge on any atom is -0.507 e. The first-order chi connectivity index (χ1) is 18.8. The number of rotatable bonds is 9. The molecule has 2 aliphatic heterocycles. The molecule has 39 heavy (non-hydrogen) atoms. The molecule has 0 radical (unpaired) electrons. The highest BCUT2D eigenvalue weighted by atomic mass is 79.9. The number of fused-ring (bicyclic) bond motifs is 3. The lowest BCUT2D eigenvalue weighted by Gasteiger charge is -2.43. The average molecular weight is 612 g/mol. The minimum atomic E-state index is -0.970. The van der Waals surface area contributed by atoms with Crippen molar-refractivity contribution in [2.24, 2.45) is 17.8 Å². The highest BCUT2D eigenvalue weighted by Gasteiger charge is 2.57. The van der Waals surface area contributed by atoms with E-state index in [0.717, 1.165) is 46.2 Å². The molecule has 6 nitrogen and oxygen atoms in total. The van der Waals surface area contributed by atoms with Gasteiger partial charge < -0.3 is 14.8 Å². The molecule has 1 aromatic heterocycles. The van der Waals surface area contributed by atoms with Crippen molar-refractivity contribution in [3.63, 3.8) is 0 Å². The molecule has 2 N–H and O–H groups in total. The Labute approximate surface area is 243 Å². The summed E-state index contributed by atoms with van der Waals surface area (Å²) in [5.74, 6) is -0.939. The second-order valence-electron chi connectivity index (χ2n) is 10.8. The molecule has 0 spiro atoms. The molecule has 2 amide bonds. The topological polar surface area (TPSA) is 87.1 Å². The molecule has 2 aromatic rings. The minimum absolute atomic E-state index is 0.0806. The Morgan fingerprint density at radius 2 is 2.03 bits per heavy atom. The van der Waals surface area contributed by atoms with Crippen LogP contribution >= 0.6 is 27.3 Å². The first-order valence-corrected chi connectivity index (χ1v) is 15.6. The fraction of sp³-hybridized carbons (Fsp3) is 0.467. The van der Waals surface area contributed by atoms with E-state index in [1.54, 1.807) is 17.4 Å². The van der Waals surface area contributed by atoms with E-state index in [2.05, 4.69) is 29.8 Å². The normalized spacial score (nSPS) is 25.4. The summed E-state index contributed by atoms with van der Waals surface area (Å²) in [5.41, 5.74) is 4.30. The Bertz CT molecular complexity index is 1290. The molecule has 1 aromatic carbocycles. The van der Waals surface area contributed by atoms with Crippen LogP contribution < -0.4 is 0 Å². The van der Waals surface area contributed by atoms with Crippen LogP contribution in [0.5, 0.6) is 5.75 Å². The zero-order valence-electron chi connectivity index (χ0n) is 22.4. The Hall–Kier alpha value is -2.20. The number of carbonyl (C=O) groups excluding carboxylic acids is 2. The molecule has 0 unspecified atom stereocenters. The molecule has 5 rings (SSSR count). The van der Waals surface area contributed by atoms with Gasteiger partial charge in [-0.25, -0.2) is 0 Å². The van der Waals surface area contributed by atoms with Crippen LogP contribution in [0.4, 0.5) is 0 Å². The lowest BCUT2D eigenvalue weighted by atomic mass is 9.58. The molecule has 206 valence electrons. The van der Waals surface area contributed by atoms with Crippen LogP contribution in [0.2, 0.25) is 6.32 Å². The molecule has 1 aliphatic carbocycles. The fourth-order valence-electron chi connectivity index (χ4n) is 6.65. The molecule has 4 atom stereocenters. The lowest BCUT2D eigenvalue weighted by Crippen LogP contribution is -2.46. The summed E-state index contributed by atoms with van der Waals surface area (Å²) in [6.07, 6.45) is 6.74. The molecule has 2 fully saturated rings. The van der Waals surface area contributed by atoms with Crippen molar-refractivity contribution in [3.8, 4) is 5.75 Å². The molecule has 9 heteroatoms. The summed E-state index contributed by atoms with van der Waals surface area (Å²) >= 11 is 5.04. The third-order valence-electron chi connectivity index (χ3n) is 8.37. The van der Waals surface area contributed by atoms with Crippen molar-refractivity contribution < 1.29 is 24.4 Å². The number of amides is 2. The first-order valence-electron chi connectivity index (χ1n) is 13.9. The van der Waals surface area contributed by atoms with Crippen molar-refractivity contribution in [2.45, 2.75) is 71.3 Å². The number of hydrogen-bond acceptors (Lipinski definition) is 6. The summed E-state index contributed by atoms with van der Waals surface area (Å²) in [4.78, 5) is 29.6. The molecule has 3 heterocycles. The molecular formula is C30H35BBrNO5S. The third kappa shape index (κ3) is 5.83. The van der Waals surface area contributed by atoms with Gasteiger partial charge >= 0.3 is 7.12 Å². The van der Waals surface area contributed by atoms with Gasteiger partial charge in [0.2, 0.25) is 11.8 Å². The van der Waals surface area contributed by atoms with Gasteiger partial charge in [0, 0.05) is 14.9 Å². The van der Waals surface area contributed by atoms with Crippen LogP contribution in [-0.2, 0) is 20.8 Å². The Morgan fingerprint density at radius 3 is 2.74 bits per heavy atom. The Balaban J connectivity index is 1.40. The van der Waals surface area contributed by atoms with E-state index >= 15 is 0 Å². The number of phenols is 1. The number of aromatic hydroxyl groups is 1. The Kier molecular flexibility index (Phi) is 8.81. The number of hydrogen-bond donors (Lipinski definition) is 2. The zero-order valence-corrected chi connectivity index (χ0v) is 24.8. The van der Waals surface area contributed by atoms with Crippen LogP contribution in [0.15, 0.2) is 56.9 Å². The highest BCUT2D eigenvalue weighted by molar-refractivity contribution is 9.10. The summed E-state index contributed by atoms with van der Waals surface area (Å²) in [5, 5.41) is 23.1. The summed E-state index contributed by atoms with van der Waals surface area (Å²) < 4.78 is 7.04. The maximum Gasteiger partial charge on any atom is 0.455 e. The number of phenolic OH excluding ortho intramolecular Hbond substituents is 1. The summed E-state index contributed by atoms with van der Waals surface area (Å²) in [6.45, 7) is 4.56. The van der Waals surface area contributed by atoms with Gasteiger partial charge in [-0.05, 0) is 79.6 Å². The van der Waals surface area contributed by atoms with Crippen molar-refractivity contribution >= 4 is 52.3 Å². The zero-order chi connectivity index (χ0) is 27.7. The number of likely N-dealkylation sites (tertiary alicyclic amines) is 1. The van der Waals surface area contributed by atoms with Crippen molar-refractivity contribution in [2.75, 3.05) is 0 Å². The van der Waals surface area contributed by atoms with Gasteiger partial charge in [-0.1, -0.05) is 59.5 Å². The second-order valence-corrected chi connectivity index (χ2v) is 12.8. The molecule has 2 saturated heterocycles. The molecule has 0 saturated carbocycles. The van der Waals surface area contributed by atoms with Gasteiger partial charge in [0.25, 0.3) is 0 Å². The SMILES string of the molecule is CCC/C(=C\c1cc(Br)ccc1O)CC[C@H]1OB(O)C[C@H]2C1=C(CC)C[C@H]1C(=O)N(Cc3cccs3)C(=O)[C@H]12. The number of carbonyl (C=O) groups is 2. The van der Waals surface area contributed by atoms with Crippen LogP contribution in [0.1, 0.15) is 62.8 Å². The molecule has 0 bridgehead atoms. The first kappa shape index (κ1) is 28.3. The van der Waals surface area contributed by atoms with Gasteiger partial charge in [-0.15, -0.1) is 11.3 Å². The van der Waals surface area contributed by atoms with Crippen molar-refractivity contribution in [1.29, 1.82) is 0 Å². The predicted octanol–water partition coefficient (Wildman–Crippen LogP) is 6.59. The summed E-state index contributed by atoms with van der Waals surface area (Å²) in [7, 11) is -0.970. The number of benzene rings is 1. The number of halogens is 1. The lowest BCUT2D eigenvalue weighted by molar-refractivity contribution is -0.140.